The summed E-state index contributed by atoms with van der Waals surface area (Å²) < 4.78 is 37.7. The molecule has 0 saturated carbocycles. The van der Waals surface area contributed by atoms with Crippen LogP contribution in [0.3, 0.4) is 0 Å². The molecule has 0 saturated heterocycles. The van der Waals surface area contributed by atoms with Crippen molar-refractivity contribution in [1.29, 1.82) is 0 Å². The molecule has 0 aliphatic rings. The minimum Gasteiger partial charge on any atom is -0.384 e. The summed E-state index contributed by atoms with van der Waals surface area (Å²) >= 11 is 0. The number of nitrogens with one attached hydrogen (secondary N) is 2. The van der Waals surface area contributed by atoms with Gasteiger partial charge in [-0.25, -0.2) is 0 Å². The van der Waals surface area contributed by atoms with Crippen LogP contribution in [0.4, 0.5) is 30.4 Å². The molecule has 0 bridgehead atoms. The van der Waals surface area contributed by atoms with Gasteiger partial charge in [-0.2, -0.15) is 18.3 Å². The number of hydrogen-bond acceptors (Lipinski definition) is 5. The third kappa shape index (κ3) is 3.22. The van der Waals surface area contributed by atoms with Crippen LogP contribution in [0.5, 0.6) is 0 Å². The molecule has 4 N–H and O–H groups in total. The smallest absolute Gasteiger partial charge is 0.384 e. The van der Waals surface area contributed by atoms with Gasteiger partial charge in [0.1, 0.15) is 11.5 Å². The number of hydrogen-bond donors (Lipinski definition) is 3. The summed E-state index contributed by atoms with van der Waals surface area (Å²) in [6.07, 6.45) is -3.23. The molecule has 0 amide bonds. The van der Waals surface area contributed by atoms with Crippen LogP contribution in [0, 0.1) is 10.1 Å². The van der Waals surface area contributed by atoms with E-state index in [-0.39, 0.29) is 18.1 Å². The van der Waals surface area contributed by atoms with Gasteiger partial charge in [0.15, 0.2) is 0 Å². The highest BCUT2D eigenvalue weighted by atomic mass is 19.4. The van der Waals surface area contributed by atoms with Crippen LogP contribution in [0.2, 0.25) is 0 Å². The van der Waals surface area contributed by atoms with E-state index in [9.17, 15) is 23.3 Å². The van der Waals surface area contributed by atoms with E-state index in [1.165, 1.54) is 6.20 Å². The molecule has 7 nitrogen and oxygen atoms in total. The second-order valence-electron chi connectivity index (χ2n) is 4.15. The molecule has 1 heterocycles. The van der Waals surface area contributed by atoms with Crippen molar-refractivity contribution >= 4 is 17.2 Å². The Bertz CT molecular complexity index is 668. The molecule has 2 rings (SSSR count). The minimum absolute atomic E-state index is 0.0337. The molecule has 112 valence electrons. The van der Waals surface area contributed by atoms with Crippen molar-refractivity contribution in [2.75, 3.05) is 11.1 Å². The number of anilines is 2. The molecule has 21 heavy (non-hydrogen) atoms. The van der Waals surface area contributed by atoms with Crippen LogP contribution < -0.4 is 11.1 Å². The molecule has 0 radical (unpaired) electrons. The van der Waals surface area contributed by atoms with Gasteiger partial charge in [0.2, 0.25) is 0 Å². The summed E-state index contributed by atoms with van der Waals surface area (Å²) in [6, 6.07) is 2.27. The van der Waals surface area contributed by atoms with Crippen molar-refractivity contribution in [2.24, 2.45) is 0 Å². The first-order chi connectivity index (χ1) is 9.79. The number of rotatable bonds is 4. The zero-order valence-corrected chi connectivity index (χ0v) is 10.4. The van der Waals surface area contributed by atoms with Gasteiger partial charge >= 0.3 is 6.18 Å². The third-order valence-corrected chi connectivity index (χ3v) is 2.74. The number of aromatic nitrogens is 2. The Balaban J connectivity index is 2.27. The monoisotopic (exact) mass is 301 g/mol. The number of nitrogens with zero attached hydrogens (tertiary/aromatic N) is 2. The molecule has 1 aromatic carbocycles. The number of aromatic amines is 1. The zero-order chi connectivity index (χ0) is 15.6. The molecule has 1 aromatic heterocycles. The van der Waals surface area contributed by atoms with Crippen molar-refractivity contribution in [1.82, 2.24) is 10.2 Å². The Morgan fingerprint density at radius 3 is 2.67 bits per heavy atom. The van der Waals surface area contributed by atoms with Crippen molar-refractivity contribution in [3.05, 3.63) is 45.6 Å². The van der Waals surface area contributed by atoms with Gasteiger partial charge < -0.3 is 11.1 Å². The van der Waals surface area contributed by atoms with Crippen LogP contribution in [0.15, 0.2) is 24.4 Å². The Kier molecular flexibility index (Phi) is 3.70. The predicted molar refractivity (Wildman–Crippen MR) is 68.4 cm³/mol. The first-order valence-corrected chi connectivity index (χ1v) is 5.66. The number of nitro groups is 1. The fraction of sp³-hybridized carbons (Fsp3) is 0.182. The van der Waals surface area contributed by atoms with Crippen molar-refractivity contribution < 1.29 is 18.1 Å². The largest absolute Gasteiger partial charge is 0.416 e. The number of nitro benzene ring substituents is 1. The average molecular weight is 301 g/mol. The van der Waals surface area contributed by atoms with E-state index in [2.05, 4.69) is 15.5 Å². The highest BCUT2D eigenvalue weighted by Gasteiger charge is 2.33. The van der Waals surface area contributed by atoms with Gasteiger partial charge in [-0.15, -0.1) is 0 Å². The number of nitrogen functional groups attached to an aromatic ring is 1. The fourth-order valence-electron chi connectivity index (χ4n) is 1.66. The molecule has 2 aromatic rings. The third-order valence-electron chi connectivity index (χ3n) is 2.74. The van der Waals surface area contributed by atoms with Gasteiger partial charge in [0.05, 0.1) is 16.7 Å². The zero-order valence-electron chi connectivity index (χ0n) is 10.4. The summed E-state index contributed by atoms with van der Waals surface area (Å²) in [7, 11) is 0. The topological polar surface area (TPSA) is 110 Å². The molecular weight excluding hydrogens is 291 g/mol. The predicted octanol–water partition coefficient (Wildman–Crippen LogP) is 2.53. The number of nitrogens with two attached hydrogens (primary N) is 1. The molecule has 0 unspecified atom stereocenters. The lowest BCUT2D eigenvalue weighted by Crippen LogP contribution is -2.08. The van der Waals surface area contributed by atoms with Gasteiger partial charge in [-0.1, -0.05) is 0 Å². The lowest BCUT2D eigenvalue weighted by Gasteiger charge is -2.10. The van der Waals surface area contributed by atoms with E-state index in [0.29, 0.717) is 11.6 Å². The van der Waals surface area contributed by atoms with E-state index < -0.39 is 22.4 Å². The van der Waals surface area contributed by atoms with E-state index >= 15 is 0 Å². The molecule has 0 aliphatic heterocycles. The molecule has 0 fully saturated rings. The maximum Gasteiger partial charge on any atom is 0.416 e. The molecular formula is C11H10F3N5O2. The number of H-pyrrole nitrogens is 1. The first-order valence-electron chi connectivity index (χ1n) is 5.66. The van der Waals surface area contributed by atoms with Crippen LogP contribution in [-0.2, 0) is 12.7 Å². The lowest BCUT2D eigenvalue weighted by molar-refractivity contribution is -0.384. The fourth-order valence-corrected chi connectivity index (χ4v) is 1.66. The SMILES string of the molecule is Nc1[nH]ncc1CNc1ccc(C(F)(F)F)cc1[N+](=O)[O-]. The molecule has 10 heteroatoms. The Hall–Kier alpha value is -2.78. The highest BCUT2D eigenvalue weighted by molar-refractivity contribution is 5.63. The second-order valence-corrected chi connectivity index (χ2v) is 4.15. The Morgan fingerprint density at radius 2 is 2.14 bits per heavy atom. The van der Waals surface area contributed by atoms with Gasteiger partial charge in [-0.05, 0) is 12.1 Å². The Labute approximate surface area is 116 Å². The lowest BCUT2D eigenvalue weighted by atomic mass is 10.1. The summed E-state index contributed by atoms with van der Waals surface area (Å²) in [5.41, 5.74) is 4.31. The summed E-state index contributed by atoms with van der Waals surface area (Å²) in [5.74, 6) is 0.275. The van der Waals surface area contributed by atoms with Crippen molar-refractivity contribution in [3.8, 4) is 0 Å². The van der Waals surface area contributed by atoms with Crippen LogP contribution in [0.25, 0.3) is 0 Å². The van der Waals surface area contributed by atoms with E-state index in [0.717, 1.165) is 12.1 Å². The standard InChI is InChI=1S/C11H10F3N5O2/c12-11(13,14)7-1-2-8(9(3-7)19(20)21)16-4-6-5-17-18-10(6)15/h1-3,5,16H,4H2,(H3,15,17,18). The Morgan fingerprint density at radius 1 is 1.43 bits per heavy atom. The van der Waals surface area contributed by atoms with E-state index in [1.54, 1.807) is 0 Å². The van der Waals surface area contributed by atoms with E-state index in [1.807, 2.05) is 0 Å². The van der Waals surface area contributed by atoms with Gasteiger partial charge in [-0.3, -0.25) is 15.2 Å². The summed E-state index contributed by atoms with van der Waals surface area (Å²) in [5, 5.41) is 19.7. The number of alkyl halides is 3. The minimum atomic E-state index is -4.64. The van der Waals surface area contributed by atoms with Gasteiger partial charge in [0.25, 0.3) is 5.69 Å². The summed E-state index contributed by atoms with van der Waals surface area (Å²) in [6.45, 7) is 0.0918. The van der Waals surface area contributed by atoms with E-state index in [4.69, 9.17) is 5.73 Å². The van der Waals surface area contributed by atoms with Gasteiger partial charge in [0, 0.05) is 18.2 Å². The van der Waals surface area contributed by atoms with Crippen LogP contribution in [-0.4, -0.2) is 15.1 Å². The normalized spacial score (nSPS) is 11.4. The van der Waals surface area contributed by atoms with Crippen LogP contribution in [0.1, 0.15) is 11.1 Å². The maximum absolute atomic E-state index is 12.6. The molecule has 0 aliphatic carbocycles. The van der Waals surface area contributed by atoms with Crippen LogP contribution >= 0.6 is 0 Å². The average Bonchev–Trinajstić information content (AvgIpc) is 2.80. The first kappa shape index (κ1) is 14.6. The summed E-state index contributed by atoms with van der Waals surface area (Å²) in [4.78, 5) is 10.0. The number of halogens is 3. The van der Waals surface area contributed by atoms with Crippen molar-refractivity contribution in [3.63, 3.8) is 0 Å². The second kappa shape index (κ2) is 5.31. The maximum atomic E-state index is 12.6. The number of benzene rings is 1. The highest BCUT2D eigenvalue weighted by Crippen LogP contribution is 2.35. The molecule has 0 atom stereocenters. The molecule has 0 spiro atoms. The van der Waals surface area contributed by atoms with Crippen molar-refractivity contribution in [2.45, 2.75) is 12.7 Å². The quantitative estimate of drug-likeness (QED) is 0.593.